The first kappa shape index (κ1) is 22.1. The molecular formula is C25H34N4O. The van der Waals surface area contributed by atoms with Gasteiger partial charge in [-0.15, -0.1) is 0 Å². The highest BCUT2D eigenvalue weighted by Gasteiger charge is 2.13. The Labute approximate surface area is 180 Å². The summed E-state index contributed by atoms with van der Waals surface area (Å²) in [4.78, 5) is 4.15. The van der Waals surface area contributed by atoms with Gasteiger partial charge in [-0.3, -0.25) is 0 Å². The van der Waals surface area contributed by atoms with Gasteiger partial charge in [0.2, 0.25) is 0 Å². The summed E-state index contributed by atoms with van der Waals surface area (Å²) in [5, 5.41) is 9.04. The van der Waals surface area contributed by atoms with Crippen molar-refractivity contribution in [1.82, 2.24) is 15.6 Å². The van der Waals surface area contributed by atoms with Crippen LogP contribution in [0.4, 0.5) is 5.82 Å². The Morgan fingerprint density at radius 3 is 2.87 bits per heavy atom. The summed E-state index contributed by atoms with van der Waals surface area (Å²) in [7, 11) is 0. The van der Waals surface area contributed by atoms with Gasteiger partial charge in [0.1, 0.15) is 5.82 Å². The van der Waals surface area contributed by atoms with Crippen LogP contribution in [-0.2, 0) is 11.3 Å². The number of nitrogens with one attached hydrogen (secondary N) is 2. The van der Waals surface area contributed by atoms with E-state index in [1.165, 1.54) is 11.1 Å². The number of allylic oxidation sites excluding steroid dienone is 3. The lowest BCUT2D eigenvalue weighted by atomic mass is 10.1. The predicted octanol–water partition coefficient (Wildman–Crippen LogP) is 4.47. The summed E-state index contributed by atoms with van der Waals surface area (Å²) in [6.45, 7) is 7.74. The molecule has 1 fully saturated rings. The fourth-order valence-electron chi connectivity index (χ4n) is 3.58. The number of nitrogens with two attached hydrogens (primary N) is 1. The summed E-state index contributed by atoms with van der Waals surface area (Å²) >= 11 is 0. The van der Waals surface area contributed by atoms with Crippen LogP contribution in [0, 0.1) is 0 Å². The van der Waals surface area contributed by atoms with Crippen LogP contribution >= 0.6 is 0 Å². The normalized spacial score (nSPS) is 16.5. The Hall–Kier alpha value is -2.63. The monoisotopic (exact) mass is 406 g/mol. The maximum absolute atomic E-state index is 6.09. The smallest absolute Gasteiger partial charge is 0.131 e. The molecule has 30 heavy (non-hydrogen) atoms. The van der Waals surface area contributed by atoms with Crippen molar-refractivity contribution in [2.24, 2.45) is 0 Å². The fourth-order valence-corrected chi connectivity index (χ4v) is 3.58. The third-order valence-electron chi connectivity index (χ3n) is 5.40. The van der Waals surface area contributed by atoms with Crippen molar-refractivity contribution in [1.29, 1.82) is 0 Å². The number of nitrogens with zero attached hydrogens (tertiary/aromatic N) is 1. The first-order chi connectivity index (χ1) is 14.7. The number of anilines is 1. The number of hydrogen-bond acceptors (Lipinski definition) is 5. The molecule has 1 aliphatic rings. The quantitative estimate of drug-likeness (QED) is 0.536. The molecule has 2 heterocycles. The van der Waals surface area contributed by atoms with Crippen molar-refractivity contribution in [3.63, 3.8) is 0 Å². The third kappa shape index (κ3) is 6.44. The molecule has 1 aromatic carbocycles. The van der Waals surface area contributed by atoms with Crippen molar-refractivity contribution in [2.45, 2.75) is 45.8 Å². The minimum Gasteiger partial charge on any atom is -0.383 e. The van der Waals surface area contributed by atoms with Crippen LogP contribution in [0.1, 0.15) is 38.7 Å². The number of aromatic nitrogens is 1. The van der Waals surface area contributed by atoms with E-state index in [0.29, 0.717) is 18.5 Å². The zero-order chi connectivity index (χ0) is 21.2. The molecule has 1 aliphatic heterocycles. The number of piperidine rings is 1. The van der Waals surface area contributed by atoms with Gasteiger partial charge in [-0.05, 0) is 74.0 Å². The standard InChI is InChI=1S/C25H34N4O/c1-3-5-22(8-6-19(4-2)18-30-23-11-13-27-14-12-23)29-17-20-7-9-24-21(16-20)10-15-28-25(24)26/h4-10,15-16,23,27,29H,3,11-14,17-18H2,1-2H3,(H2,26,28)/b8-6-,19-4+,22-5-. The van der Waals surface area contributed by atoms with Gasteiger partial charge >= 0.3 is 0 Å². The molecule has 0 bridgehead atoms. The van der Waals surface area contributed by atoms with E-state index in [4.69, 9.17) is 10.5 Å². The largest absolute Gasteiger partial charge is 0.383 e. The van der Waals surface area contributed by atoms with Gasteiger partial charge < -0.3 is 21.1 Å². The van der Waals surface area contributed by atoms with Crippen molar-refractivity contribution in [3.05, 3.63) is 71.6 Å². The maximum Gasteiger partial charge on any atom is 0.131 e. The highest BCUT2D eigenvalue weighted by Crippen LogP contribution is 2.20. The molecule has 0 unspecified atom stereocenters. The van der Waals surface area contributed by atoms with E-state index in [1.807, 2.05) is 12.1 Å². The lowest BCUT2D eigenvalue weighted by Gasteiger charge is -2.23. The van der Waals surface area contributed by atoms with E-state index in [9.17, 15) is 0 Å². The van der Waals surface area contributed by atoms with Crippen molar-refractivity contribution in [2.75, 3.05) is 25.4 Å². The fraction of sp³-hybridized carbons (Fsp3) is 0.400. The number of fused-ring (bicyclic) bond motifs is 1. The van der Waals surface area contributed by atoms with Crippen molar-refractivity contribution < 1.29 is 4.74 Å². The molecule has 0 radical (unpaired) electrons. The molecule has 2 aromatic rings. The number of pyridine rings is 1. The molecular weight excluding hydrogens is 372 g/mol. The summed E-state index contributed by atoms with van der Waals surface area (Å²) in [6, 6.07) is 8.31. The highest BCUT2D eigenvalue weighted by atomic mass is 16.5. The van der Waals surface area contributed by atoms with Gasteiger partial charge in [0.05, 0.1) is 12.7 Å². The second kappa shape index (κ2) is 11.5. The van der Waals surface area contributed by atoms with Crippen LogP contribution in [0.3, 0.4) is 0 Å². The molecule has 0 aliphatic carbocycles. The van der Waals surface area contributed by atoms with Gasteiger partial charge in [0.25, 0.3) is 0 Å². The summed E-state index contributed by atoms with van der Waals surface area (Å²) in [5.41, 5.74) is 9.49. The number of benzene rings is 1. The van der Waals surface area contributed by atoms with Gasteiger partial charge in [-0.2, -0.15) is 0 Å². The van der Waals surface area contributed by atoms with Crippen LogP contribution in [-0.4, -0.2) is 30.8 Å². The SMILES string of the molecule is C\C=C(/C=C\C(=C\CC)NCc1ccc2c(N)nccc2c1)COC1CCNCC1. The Kier molecular flexibility index (Phi) is 8.48. The first-order valence-electron chi connectivity index (χ1n) is 10.9. The molecule has 1 aromatic heterocycles. The van der Waals surface area contributed by atoms with Crippen LogP contribution in [0.25, 0.3) is 10.8 Å². The van der Waals surface area contributed by atoms with E-state index in [0.717, 1.165) is 55.4 Å². The minimum atomic E-state index is 0.371. The first-order valence-corrected chi connectivity index (χ1v) is 10.9. The molecule has 0 spiro atoms. The van der Waals surface area contributed by atoms with Gasteiger partial charge in [0.15, 0.2) is 0 Å². The van der Waals surface area contributed by atoms with Crippen LogP contribution in [0.5, 0.6) is 0 Å². The zero-order valence-corrected chi connectivity index (χ0v) is 18.2. The topological polar surface area (TPSA) is 72.2 Å². The maximum atomic E-state index is 6.09. The summed E-state index contributed by atoms with van der Waals surface area (Å²) < 4.78 is 6.09. The van der Waals surface area contributed by atoms with Gasteiger partial charge in [0, 0.05) is 23.8 Å². The predicted molar refractivity (Wildman–Crippen MR) is 126 cm³/mol. The van der Waals surface area contributed by atoms with E-state index < -0.39 is 0 Å². The molecule has 5 nitrogen and oxygen atoms in total. The average molecular weight is 407 g/mol. The third-order valence-corrected chi connectivity index (χ3v) is 5.40. The Morgan fingerprint density at radius 2 is 2.10 bits per heavy atom. The number of hydrogen-bond donors (Lipinski definition) is 3. The van der Waals surface area contributed by atoms with E-state index in [1.54, 1.807) is 6.20 Å². The molecule has 1 saturated heterocycles. The average Bonchev–Trinajstić information content (AvgIpc) is 2.78. The zero-order valence-electron chi connectivity index (χ0n) is 18.2. The van der Waals surface area contributed by atoms with E-state index >= 15 is 0 Å². The molecule has 0 atom stereocenters. The molecule has 160 valence electrons. The second-order valence-corrected chi connectivity index (χ2v) is 7.63. The van der Waals surface area contributed by atoms with Crippen LogP contribution in [0.2, 0.25) is 0 Å². The molecule has 4 N–H and O–H groups in total. The summed E-state index contributed by atoms with van der Waals surface area (Å²) in [5.74, 6) is 0.576. The molecule has 5 heteroatoms. The Balaban J connectivity index is 1.57. The van der Waals surface area contributed by atoms with E-state index in [2.05, 4.69) is 65.9 Å². The van der Waals surface area contributed by atoms with Crippen molar-refractivity contribution >= 4 is 16.6 Å². The van der Waals surface area contributed by atoms with Crippen molar-refractivity contribution in [3.8, 4) is 0 Å². The number of ether oxygens (including phenoxy) is 1. The lowest BCUT2D eigenvalue weighted by molar-refractivity contribution is 0.0486. The molecule has 0 saturated carbocycles. The lowest BCUT2D eigenvalue weighted by Crippen LogP contribution is -2.32. The Morgan fingerprint density at radius 1 is 1.27 bits per heavy atom. The van der Waals surface area contributed by atoms with Crippen LogP contribution in [0.15, 0.2) is 66.0 Å². The number of rotatable bonds is 9. The highest BCUT2D eigenvalue weighted by molar-refractivity contribution is 5.91. The minimum absolute atomic E-state index is 0.371. The van der Waals surface area contributed by atoms with E-state index in [-0.39, 0.29) is 0 Å². The second-order valence-electron chi connectivity index (χ2n) is 7.63. The molecule has 3 rings (SSSR count). The van der Waals surface area contributed by atoms with Crippen LogP contribution < -0.4 is 16.4 Å². The Bertz CT molecular complexity index is 911. The van der Waals surface area contributed by atoms with Gasteiger partial charge in [-0.25, -0.2) is 4.98 Å². The van der Waals surface area contributed by atoms with Gasteiger partial charge in [-0.1, -0.05) is 37.3 Å². The summed E-state index contributed by atoms with van der Waals surface area (Å²) in [6.07, 6.45) is 13.9. The number of nitrogen functional groups attached to an aromatic ring is 1. The molecule has 0 amide bonds.